The van der Waals surface area contributed by atoms with Crippen LogP contribution in [0.3, 0.4) is 0 Å². The summed E-state index contributed by atoms with van der Waals surface area (Å²) in [6.07, 6.45) is 3.46. The molecular weight excluding hydrogens is 328 g/mol. The summed E-state index contributed by atoms with van der Waals surface area (Å²) in [4.78, 5) is 16.6. The number of hydrogen-bond donors (Lipinski definition) is 0. The lowest BCUT2D eigenvalue weighted by Crippen LogP contribution is -2.48. The van der Waals surface area contributed by atoms with Gasteiger partial charge in [0.15, 0.2) is 0 Å². The van der Waals surface area contributed by atoms with Gasteiger partial charge < -0.3 is 19.3 Å². The Labute approximate surface area is 154 Å². The molecular formula is C21H24N2O3. The van der Waals surface area contributed by atoms with Crippen molar-refractivity contribution in [1.29, 1.82) is 0 Å². The minimum Gasteiger partial charge on any atom is -0.497 e. The van der Waals surface area contributed by atoms with Crippen LogP contribution in [0.5, 0.6) is 11.5 Å². The second-order valence-corrected chi connectivity index (χ2v) is 6.09. The number of para-hydroxylation sites is 2. The summed E-state index contributed by atoms with van der Waals surface area (Å²) >= 11 is 0. The average Bonchev–Trinajstić information content (AvgIpc) is 2.72. The number of rotatable bonds is 5. The Kier molecular flexibility index (Phi) is 5.79. The fourth-order valence-corrected chi connectivity index (χ4v) is 3.08. The highest BCUT2D eigenvalue weighted by atomic mass is 16.5. The van der Waals surface area contributed by atoms with E-state index < -0.39 is 0 Å². The van der Waals surface area contributed by atoms with Crippen LogP contribution >= 0.6 is 0 Å². The van der Waals surface area contributed by atoms with Crippen molar-refractivity contribution in [3.8, 4) is 11.5 Å². The Morgan fingerprint density at radius 3 is 2.46 bits per heavy atom. The number of carbonyl (C=O) groups is 1. The predicted molar refractivity (Wildman–Crippen MR) is 104 cm³/mol. The lowest BCUT2D eigenvalue weighted by atomic mass is 10.2. The molecule has 26 heavy (non-hydrogen) atoms. The van der Waals surface area contributed by atoms with Gasteiger partial charge in [0.1, 0.15) is 11.5 Å². The number of nitrogens with zero attached hydrogens (tertiary/aromatic N) is 2. The van der Waals surface area contributed by atoms with Crippen LogP contribution in [0, 0.1) is 0 Å². The van der Waals surface area contributed by atoms with E-state index in [1.165, 1.54) is 0 Å². The molecule has 0 N–H and O–H groups in total. The van der Waals surface area contributed by atoms with E-state index >= 15 is 0 Å². The minimum atomic E-state index is 0.0347. The molecule has 1 aliphatic rings. The fraction of sp³-hybridized carbons (Fsp3) is 0.286. The molecule has 1 saturated heterocycles. The highest BCUT2D eigenvalue weighted by Gasteiger charge is 2.21. The third kappa shape index (κ3) is 4.17. The van der Waals surface area contributed by atoms with Crippen molar-refractivity contribution in [2.24, 2.45) is 0 Å². The molecule has 1 heterocycles. The predicted octanol–water partition coefficient (Wildman–Crippen LogP) is 3.07. The number of benzene rings is 2. The number of ether oxygens (including phenoxy) is 2. The van der Waals surface area contributed by atoms with Gasteiger partial charge in [-0.2, -0.15) is 0 Å². The summed E-state index contributed by atoms with van der Waals surface area (Å²) < 4.78 is 10.6. The number of methoxy groups -OCH3 is 2. The van der Waals surface area contributed by atoms with E-state index in [0.29, 0.717) is 13.1 Å². The molecule has 0 unspecified atom stereocenters. The van der Waals surface area contributed by atoms with Gasteiger partial charge in [0, 0.05) is 32.3 Å². The van der Waals surface area contributed by atoms with Crippen LogP contribution in [-0.2, 0) is 4.79 Å². The number of piperazine rings is 1. The molecule has 1 amide bonds. The van der Waals surface area contributed by atoms with Crippen molar-refractivity contribution in [2.75, 3.05) is 45.3 Å². The van der Waals surface area contributed by atoms with Crippen LogP contribution in [0.4, 0.5) is 5.69 Å². The number of anilines is 1. The molecule has 5 heteroatoms. The summed E-state index contributed by atoms with van der Waals surface area (Å²) in [6.45, 7) is 2.97. The Balaban J connectivity index is 1.59. The Hall–Kier alpha value is -2.95. The van der Waals surface area contributed by atoms with E-state index in [4.69, 9.17) is 9.47 Å². The molecule has 136 valence electrons. The molecule has 1 aliphatic heterocycles. The van der Waals surface area contributed by atoms with Crippen LogP contribution in [0.15, 0.2) is 54.6 Å². The minimum absolute atomic E-state index is 0.0347. The molecule has 2 aromatic rings. The third-order valence-corrected chi connectivity index (χ3v) is 4.53. The van der Waals surface area contributed by atoms with Crippen molar-refractivity contribution in [3.63, 3.8) is 0 Å². The van der Waals surface area contributed by atoms with E-state index in [1.54, 1.807) is 20.3 Å². The first-order valence-electron chi connectivity index (χ1n) is 8.70. The molecule has 1 fully saturated rings. The van der Waals surface area contributed by atoms with Crippen molar-refractivity contribution in [3.05, 3.63) is 60.2 Å². The van der Waals surface area contributed by atoms with Gasteiger partial charge in [-0.05, 0) is 35.9 Å². The zero-order chi connectivity index (χ0) is 18.4. The van der Waals surface area contributed by atoms with E-state index in [0.717, 1.165) is 35.8 Å². The van der Waals surface area contributed by atoms with Gasteiger partial charge in [0.25, 0.3) is 0 Å². The highest BCUT2D eigenvalue weighted by molar-refractivity contribution is 5.92. The Bertz CT molecular complexity index is 780. The summed E-state index contributed by atoms with van der Waals surface area (Å²) in [7, 11) is 3.32. The van der Waals surface area contributed by atoms with Gasteiger partial charge >= 0.3 is 0 Å². The molecule has 0 spiro atoms. The number of carbonyl (C=O) groups excluding carboxylic acids is 1. The van der Waals surface area contributed by atoms with Gasteiger partial charge in [-0.25, -0.2) is 0 Å². The smallest absolute Gasteiger partial charge is 0.246 e. The molecule has 0 atom stereocenters. The zero-order valence-corrected chi connectivity index (χ0v) is 15.2. The van der Waals surface area contributed by atoms with Crippen molar-refractivity contribution in [1.82, 2.24) is 4.90 Å². The van der Waals surface area contributed by atoms with E-state index in [2.05, 4.69) is 11.0 Å². The monoisotopic (exact) mass is 352 g/mol. The SMILES string of the molecule is COc1cccc(/C=C/C(=O)N2CCN(c3ccccc3OC)CC2)c1. The van der Waals surface area contributed by atoms with Crippen LogP contribution in [0.2, 0.25) is 0 Å². The summed E-state index contributed by atoms with van der Waals surface area (Å²) in [5.41, 5.74) is 2.03. The average molecular weight is 352 g/mol. The maximum absolute atomic E-state index is 12.5. The Morgan fingerprint density at radius 1 is 0.962 bits per heavy atom. The topological polar surface area (TPSA) is 42.0 Å². The summed E-state index contributed by atoms with van der Waals surface area (Å²) in [5, 5.41) is 0. The van der Waals surface area contributed by atoms with Gasteiger partial charge in [-0.1, -0.05) is 24.3 Å². The first-order chi connectivity index (χ1) is 12.7. The van der Waals surface area contributed by atoms with Crippen molar-refractivity contribution in [2.45, 2.75) is 0 Å². The molecule has 0 aliphatic carbocycles. The quantitative estimate of drug-likeness (QED) is 0.776. The number of hydrogen-bond acceptors (Lipinski definition) is 4. The zero-order valence-electron chi connectivity index (χ0n) is 15.2. The normalized spacial score (nSPS) is 14.5. The second-order valence-electron chi connectivity index (χ2n) is 6.09. The molecule has 3 rings (SSSR count). The van der Waals surface area contributed by atoms with Gasteiger partial charge in [0.05, 0.1) is 19.9 Å². The molecule has 0 saturated carbocycles. The third-order valence-electron chi connectivity index (χ3n) is 4.53. The molecule has 5 nitrogen and oxygen atoms in total. The lowest BCUT2D eigenvalue weighted by molar-refractivity contribution is -0.126. The first-order valence-corrected chi connectivity index (χ1v) is 8.70. The standard InChI is InChI=1S/C21H24N2O3/c1-25-18-7-5-6-17(16-18)10-11-21(24)23-14-12-22(13-15-23)19-8-3-4-9-20(19)26-2/h3-11,16H,12-15H2,1-2H3/b11-10+. The van der Waals surface area contributed by atoms with Crippen LogP contribution in [0.25, 0.3) is 6.08 Å². The maximum atomic E-state index is 12.5. The first kappa shape index (κ1) is 17.9. The van der Waals surface area contributed by atoms with Gasteiger partial charge in [-0.15, -0.1) is 0 Å². The van der Waals surface area contributed by atoms with Crippen LogP contribution in [-0.4, -0.2) is 51.2 Å². The van der Waals surface area contributed by atoms with E-state index in [1.807, 2.05) is 53.4 Å². The van der Waals surface area contributed by atoms with Gasteiger partial charge in [-0.3, -0.25) is 4.79 Å². The fourth-order valence-electron chi connectivity index (χ4n) is 3.08. The lowest BCUT2D eigenvalue weighted by Gasteiger charge is -2.36. The van der Waals surface area contributed by atoms with Gasteiger partial charge in [0.2, 0.25) is 5.91 Å². The Morgan fingerprint density at radius 2 is 1.73 bits per heavy atom. The van der Waals surface area contributed by atoms with E-state index in [9.17, 15) is 4.79 Å². The molecule has 0 radical (unpaired) electrons. The van der Waals surface area contributed by atoms with Crippen LogP contribution < -0.4 is 14.4 Å². The largest absolute Gasteiger partial charge is 0.497 e. The highest BCUT2D eigenvalue weighted by Crippen LogP contribution is 2.28. The summed E-state index contributed by atoms with van der Waals surface area (Å²) in [5.74, 6) is 1.68. The maximum Gasteiger partial charge on any atom is 0.246 e. The van der Waals surface area contributed by atoms with Crippen LogP contribution in [0.1, 0.15) is 5.56 Å². The number of amides is 1. The molecule has 0 aromatic heterocycles. The molecule has 0 bridgehead atoms. The second kappa shape index (κ2) is 8.43. The van der Waals surface area contributed by atoms with E-state index in [-0.39, 0.29) is 5.91 Å². The van der Waals surface area contributed by atoms with Crippen molar-refractivity contribution < 1.29 is 14.3 Å². The summed E-state index contributed by atoms with van der Waals surface area (Å²) in [6, 6.07) is 15.6. The molecule has 2 aromatic carbocycles. The van der Waals surface area contributed by atoms with Crippen molar-refractivity contribution >= 4 is 17.7 Å².